The minimum absolute atomic E-state index is 0.188. The van der Waals surface area contributed by atoms with E-state index < -0.39 is 0 Å². The second kappa shape index (κ2) is 13.3. The number of rotatable bonds is 12. The first-order chi connectivity index (χ1) is 16.1. The summed E-state index contributed by atoms with van der Waals surface area (Å²) in [7, 11) is 0. The molecule has 1 aliphatic rings. The number of carbonyl (C=O) groups excluding carboxylic acids is 1. The van der Waals surface area contributed by atoms with E-state index in [0.29, 0.717) is 39.8 Å². The number of nitrogens with one attached hydrogen (secondary N) is 1. The smallest absolute Gasteiger partial charge is 0.264 e. The summed E-state index contributed by atoms with van der Waals surface area (Å²) in [5.74, 6) is 0.959. The summed E-state index contributed by atoms with van der Waals surface area (Å²) in [5.41, 5.74) is 1.56. The van der Waals surface area contributed by atoms with Crippen molar-refractivity contribution in [2.24, 2.45) is 4.99 Å². The zero-order chi connectivity index (χ0) is 23.5. The highest BCUT2D eigenvalue weighted by Crippen LogP contribution is 2.38. The number of amides is 1. The molecule has 1 aliphatic heterocycles. The van der Waals surface area contributed by atoms with E-state index in [2.05, 4.69) is 17.2 Å². The lowest BCUT2D eigenvalue weighted by Gasteiger charge is -2.14. The first-order valence-corrected chi connectivity index (χ1v) is 12.7. The fourth-order valence-electron chi connectivity index (χ4n) is 3.38. The van der Waals surface area contributed by atoms with Crippen LogP contribution in [0.3, 0.4) is 0 Å². The molecule has 1 heterocycles. The number of ether oxygens (including phenoxy) is 2. The van der Waals surface area contributed by atoms with E-state index in [-0.39, 0.29) is 5.91 Å². The highest BCUT2D eigenvalue weighted by atomic mass is 35.5. The van der Waals surface area contributed by atoms with Crippen LogP contribution >= 0.6 is 23.4 Å². The van der Waals surface area contributed by atoms with Gasteiger partial charge in [0.15, 0.2) is 16.7 Å². The van der Waals surface area contributed by atoms with Gasteiger partial charge in [0.1, 0.15) is 0 Å². The molecule has 33 heavy (non-hydrogen) atoms. The zero-order valence-corrected chi connectivity index (χ0v) is 20.8. The number of halogens is 1. The van der Waals surface area contributed by atoms with Crippen molar-refractivity contribution in [1.82, 2.24) is 5.32 Å². The number of nitrogens with zero attached hydrogens (tertiary/aromatic N) is 1. The van der Waals surface area contributed by atoms with Crippen LogP contribution in [0.25, 0.3) is 6.08 Å². The van der Waals surface area contributed by atoms with Gasteiger partial charge in [-0.25, -0.2) is 4.99 Å². The Morgan fingerprint density at radius 3 is 2.55 bits per heavy atom. The molecule has 5 nitrogen and oxygen atoms in total. The maximum Gasteiger partial charge on any atom is 0.264 e. The Balaban J connectivity index is 1.68. The summed E-state index contributed by atoms with van der Waals surface area (Å²) >= 11 is 7.84. The summed E-state index contributed by atoms with van der Waals surface area (Å²) in [5, 5.41) is 3.83. The van der Waals surface area contributed by atoms with Crippen LogP contribution in [0, 0.1) is 0 Å². The van der Waals surface area contributed by atoms with Gasteiger partial charge in [0, 0.05) is 0 Å². The molecule has 176 valence electrons. The van der Waals surface area contributed by atoms with Crippen molar-refractivity contribution >= 4 is 46.2 Å². The lowest BCUT2D eigenvalue weighted by molar-refractivity contribution is -0.115. The van der Waals surface area contributed by atoms with Crippen molar-refractivity contribution in [2.75, 3.05) is 13.2 Å². The molecule has 1 N–H and O–H groups in total. The Labute approximate surface area is 205 Å². The Morgan fingerprint density at radius 1 is 1.03 bits per heavy atom. The zero-order valence-electron chi connectivity index (χ0n) is 19.2. The number of benzene rings is 2. The molecule has 3 rings (SSSR count). The summed E-state index contributed by atoms with van der Waals surface area (Å²) < 4.78 is 11.8. The van der Waals surface area contributed by atoms with E-state index in [1.807, 2.05) is 43.3 Å². The fraction of sp³-hybridized carbons (Fsp3) is 0.385. The molecule has 2 aromatic carbocycles. The minimum atomic E-state index is -0.188. The molecule has 0 radical (unpaired) electrons. The lowest BCUT2D eigenvalue weighted by Crippen LogP contribution is -2.19. The average molecular weight is 487 g/mol. The number of amidine groups is 1. The van der Waals surface area contributed by atoms with Crippen molar-refractivity contribution in [3.05, 3.63) is 58.0 Å². The number of carbonyl (C=O) groups is 1. The number of thioether (sulfide) groups is 1. The van der Waals surface area contributed by atoms with Crippen LogP contribution in [0.2, 0.25) is 5.02 Å². The van der Waals surface area contributed by atoms with Gasteiger partial charge in [0.2, 0.25) is 0 Å². The molecule has 7 heteroatoms. The highest BCUT2D eigenvalue weighted by molar-refractivity contribution is 8.18. The summed E-state index contributed by atoms with van der Waals surface area (Å²) in [6.07, 6.45) is 8.95. The van der Waals surface area contributed by atoms with E-state index in [1.165, 1.54) is 37.4 Å². The molecular formula is C26H31ClN2O3S. The molecule has 0 aliphatic carbocycles. The normalized spacial score (nSPS) is 15.8. The van der Waals surface area contributed by atoms with E-state index in [1.54, 1.807) is 12.1 Å². The van der Waals surface area contributed by atoms with Gasteiger partial charge in [-0.2, -0.15) is 0 Å². The van der Waals surface area contributed by atoms with Gasteiger partial charge in [-0.05, 0) is 61.0 Å². The van der Waals surface area contributed by atoms with Crippen molar-refractivity contribution in [3.63, 3.8) is 0 Å². The van der Waals surface area contributed by atoms with Gasteiger partial charge in [-0.3, -0.25) is 4.79 Å². The van der Waals surface area contributed by atoms with Crippen LogP contribution in [-0.4, -0.2) is 24.3 Å². The fourth-order valence-corrected chi connectivity index (χ4v) is 4.50. The molecule has 0 saturated carbocycles. The van der Waals surface area contributed by atoms with Gasteiger partial charge in [0.25, 0.3) is 5.91 Å². The quantitative estimate of drug-likeness (QED) is 0.251. The van der Waals surface area contributed by atoms with E-state index in [4.69, 9.17) is 21.1 Å². The molecule has 0 bridgehead atoms. The summed E-state index contributed by atoms with van der Waals surface area (Å²) in [6.45, 7) is 5.23. The van der Waals surface area contributed by atoms with Gasteiger partial charge >= 0.3 is 0 Å². The number of unbranched alkanes of at least 4 members (excludes halogenated alkanes) is 5. The average Bonchev–Trinajstić information content (AvgIpc) is 3.13. The van der Waals surface area contributed by atoms with Gasteiger partial charge in [-0.15, -0.1) is 0 Å². The summed E-state index contributed by atoms with van der Waals surface area (Å²) in [6, 6.07) is 13.2. The van der Waals surface area contributed by atoms with Crippen LogP contribution in [0.4, 0.5) is 5.69 Å². The number of aliphatic imine (C=N–C) groups is 1. The number of para-hydroxylation sites is 1. The predicted octanol–water partition coefficient (Wildman–Crippen LogP) is 7.37. The minimum Gasteiger partial charge on any atom is -0.490 e. The molecule has 1 fully saturated rings. The van der Waals surface area contributed by atoms with Crippen molar-refractivity contribution < 1.29 is 14.3 Å². The Morgan fingerprint density at radius 2 is 1.79 bits per heavy atom. The molecule has 0 unspecified atom stereocenters. The summed E-state index contributed by atoms with van der Waals surface area (Å²) in [4.78, 5) is 17.5. The Kier molecular flexibility index (Phi) is 10.2. The van der Waals surface area contributed by atoms with Crippen LogP contribution in [0.15, 0.2) is 52.4 Å². The van der Waals surface area contributed by atoms with Crippen LogP contribution in [0.5, 0.6) is 11.5 Å². The van der Waals surface area contributed by atoms with Crippen molar-refractivity contribution in [3.8, 4) is 11.5 Å². The molecular weight excluding hydrogens is 456 g/mol. The molecule has 0 aromatic heterocycles. The Hall–Kier alpha value is -2.44. The van der Waals surface area contributed by atoms with Gasteiger partial charge in [0.05, 0.1) is 28.8 Å². The lowest BCUT2D eigenvalue weighted by atomic mass is 10.1. The van der Waals surface area contributed by atoms with Crippen LogP contribution < -0.4 is 14.8 Å². The predicted molar refractivity (Wildman–Crippen MR) is 139 cm³/mol. The van der Waals surface area contributed by atoms with Crippen molar-refractivity contribution in [1.29, 1.82) is 0 Å². The maximum atomic E-state index is 12.4. The maximum absolute atomic E-state index is 12.4. The van der Waals surface area contributed by atoms with Gasteiger partial charge < -0.3 is 14.8 Å². The monoisotopic (exact) mass is 486 g/mol. The largest absolute Gasteiger partial charge is 0.490 e. The SMILES string of the molecule is CCCCCCCCOc1c(Cl)cc(/C=C2/SC(=Nc3ccccc3)NC2=O)cc1OCC. The molecule has 1 saturated heterocycles. The Bertz CT molecular complexity index is 993. The number of hydrogen-bond donors (Lipinski definition) is 1. The third-order valence-corrected chi connectivity index (χ3v) is 6.20. The highest BCUT2D eigenvalue weighted by Gasteiger charge is 2.24. The second-order valence-corrected chi connectivity index (χ2v) is 9.13. The van der Waals surface area contributed by atoms with E-state index in [0.717, 1.165) is 24.1 Å². The first-order valence-electron chi connectivity index (χ1n) is 11.5. The third kappa shape index (κ3) is 7.83. The number of hydrogen-bond acceptors (Lipinski definition) is 5. The van der Waals surface area contributed by atoms with Crippen LogP contribution in [0.1, 0.15) is 57.9 Å². The molecule has 2 aromatic rings. The molecule has 0 spiro atoms. The standard InChI is InChI=1S/C26H31ClN2O3S/c1-3-5-6-7-8-12-15-32-24-21(27)16-19(17-22(24)31-4-2)18-23-25(30)29-26(33-23)28-20-13-10-9-11-14-20/h9-11,13-14,16-18H,3-8,12,15H2,1-2H3,(H,28,29,30)/b23-18+. The molecule has 1 amide bonds. The first kappa shape index (κ1) is 25.2. The van der Waals surface area contributed by atoms with E-state index >= 15 is 0 Å². The van der Waals surface area contributed by atoms with Crippen LogP contribution in [-0.2, 0) is 4.79 Å². The van der Waals surface area contributed by atoms with E-state index in [9.17, 15) is 4.79 Å². The van der Waals surface area contributed by atoms with Gasteiger partial charge in [-0.1, -0.05) is 68.8 Å². The topological polar surface area (TPSA) is 59.9 Å². The van der Waals surface area contributed by atoms with Crippen molar-refractivity contribution in [2.45, 2.75) is 52.4 Å². The molecule has 0 atom stereocenters. The third-order valence-electron chi connectivity index (χ3n) is 5.01. The second-order valence-electron chi connectivity index (χ2n) is 7.70.